The van der Waals surface area contributed by atoms with Crippen LogP contribution in [-0.4, -0.2) is 65.0 Å². The van der Waals surface area contributed by atoms with Crippen molar-refractivity contribution in [3.63, 3.8) is 0 Å². The maximum absolute atomic E-state index is 12.3. The molecule has 7 nitrogen and oxygen atoms in total. The van der Waals surface area contributed by atoms with Gasteiger partial charge in [-0.15, -0.1) is 0 Å². The molecule has 2 N–H and O–H groups in total. The molecule has 0 radical (unpaired) electrons. The molecule has 0 aromatic rings. The minimum atomic E-state index is -0.951. The summed E-state index contributed by atoms with van der Waals surface area (Å²) in [7, 11) is 1.71. The van der Waals surface area contributed by atoms with Crippen LogP contribution >= 0.6 is 0 Å². The molecule has 0 aliphatic carbocycles. The first-order chi connectivity index (χ1) is 9.88. The van der Waals surface area contributed by atoms with E-state index in [1.807, 2.05) is 6.92 Å². The predicted molar refractivity (Wildman–Crippen MR) is 75.7 cm³/mol. The van der Waals surface area contributed by atoms with Gasteiger partial charge in [0.15, 0.2) is 0 Å². The molecule has 2 heterocycles. The van der Waals surface area contributed by atoms with Gasteiger partial charge in [-0.3, -0.25) is 4.79 Å². The molecule has 3 amide bonds. The van der Waals surface area contributed by atoms with E-state index in [2.05, 4.69) is 5.32 Å². The molecule has 21 heavy (non-hydrogen) atoms. The molecule has 3 unspecified atom stereocenters. The summed E-state index contributed by atoms with van der Waals surface area (Å²) in [6, 6.07) is -1.19. The van der Waals surface area contributed by atoms with E-state index in [1.165, 1.54) is 4.90 Å². The van der Waals surface area contributed by atoms with Gasteiger partial charge in [-0.05, 0) is 25.2 Å². The van der Waals surface area contributed by atoms with Crippen molar-refractivity contribution >= 4 is 17.9 Å². The molecule has 0 saturated carbocycles. The Bertz CT molecular complexity index is 440. The van der Waals surface area contributed by atoms with Crippen molar-refractivity contribution in [3.8, 4) is 0 Å². The van der Waals surface area contributed by atoms with Crippen LogP contribution in [0.25, 0.3) is 0 Å². The van der Waals surface area contributed by atoms with E-state index in [1.54, 1.807) is 11.9 Å². The molecule has 0 bridgehead atoms. The molecule has 0 aromatic heterocycles. The van der Waals surface area contributed by atoms with Gasteiger partial charge in [-0.1, -0.05) is 6.92 Å². The van der Waals surface area contributed by atoms with Crippen LogP contribution < -0.4 is 5.32 Å². The Morgan fingerprint density at radius 1 is 1.33 bits per heavy atom. The lowest BCUT2D eigenvalue weighted by Gasteiger charge is -2.38. The zero-order valence-electron chi connectivity index (χ0n) is 12.5. The highest BCUT2D eigenvalue weighted by Gasteiger charge is 2.36. The molecule has 118 valence electrons. The number of likely N-dealkylation sites (N-methyl/N-ethyl adjacent to an activating group) is 1. The van der Waals surface area contributed by atoms with E-state index in [4.69, 9.17) is 0 Å². The second kappa shape index (κ2) is 6.32. The average molecular weight is 297 g/mol. The molecule has 0 spiro atoms. The smallest absolute Gasteiger partial charge is 0.326 e. The number of likely N-dealkylation sites (tertiary alicyclic amines) is 2. The first kappa shape index (κ1) is 15.6. The van der Waals surface area contributed by atoms with Crippen LogP contribution in [0.5, 0.6) is 0 Å². The molecular weight excluding hydrogens is 274 g/mol. The van der Waals surface area contributed by atoms with Crippen LogP contribution in [0.15, 0.2) is 0 Å². The van der Waals surface area contributed by atoms with Crippen molar-refractivity contribution in [3.05, 3.63) is 0 Å². The van der Waals surface area contributed by atoms with Crippen LogP contribution in [0.4, 0.5) is 4.79 Å². The van der Waals surface area contributed by atoms with E-state index in [0.29, 0.717) is 38.3 Å². The second-order valence-corrected chi connectivity index (χ2v) is 6.14. The van der Waals surface area contributed by atoms with Gasteiger partial charge in [0.1, 0.15) is 6.04 Å². The van der Waals surface area contributed by atoms with Gasteiger partial charge >= 0.3 is 12.0 Å². The Morgan fingerprint density at radius 2 is 2.05 bits per heavy atom. The molecule has 7 heteroatoms. The van der Waals surface area contributed by atoms with Crippen molar-refractivity contribution in [2.75, 3.05) is 20.1 Å². The lowest BCUT2D eigenvalue weighted by Crippen LogP contribution is -2.57. The lowest BCUT2D eigenvalue weighted by atomic mass is 9.92. The maximum atomic E-state index is 12.3. The Labute approximate surface area is 124 Å². The zero-order chi connectivity index (χ0) is 15.6. The van der Waals surface area contributed by atoms with E-state index in [-0.39, 0.29) is 18.0 Å². The molecule has 2 fully saturated rings. The summed E-state index contributed by atoms with van der Waals surface area (Å²) in [5, 5.41) is 12.2. The third-order valence-electron chi connectivity index (χ3n) is 4.36. The third kappa shape index (κ3) is 3.65. The number of carboxylic acids is 1. The van der Waals surface area contributed by atoms with Gasteiger partial charge in [0.05, 0.1) is 0 Å². The Hall–Kier alpha value is -1.79. The largest absolute Gasteiger partial charge is 0.480 e. The van der Waals surface area contributed by atoms with E-state index < -0.39 is 12.0 Å². The first-order valence-electron chi connectivity index (χ1n) is 7.42. The highest BCUT2D eigenvalue weighted by Crippen LogP contribution is 2.23. The quantitative estimate of drug-likeness (QED) is 0.776. The average Bonchev–Trinajstić information content (AvgIpc) is 2.42. The van der Waals surface area contributed by atoms with Crippen molar-refractivity contribution in [1.82, 2.24) is 15.1 Å². The van der Waals surface area contributed by atoms with Gasteiger partial charge in [-0.2, -0.15) is 0 Å². The number of rotatable bonds is 2. The summed E-state index contributed by atoms with van der Waals surface area (Å²) in [4.78, 5) is 38.1. The lowest BCUT2D eigenvalue weighted by molar-refractivity contribution is -0.143. The number of amides is 3. The number of carbonyl (C=O) groups is 3. The second-order valence-electron chi connectivity index (χ2n) is 6.14. The van der Waals surface area contributed by atoms with Gasteiger partial charge in [-0.25, -0.2) is 9.59 Å². The van der Waals surface area contributed by atoms with Crippen LogP contribution in [0, 0.1) is 5.92 Å². The van der Waals surface area contributed by atoms with E-state index >= 15 is 0 Å². The van der Waals surface area contributed by atoms with Crippen LogP contribution in [0.3, 0.4) is 0 Å². The summed E-state index contributed by atoms with van der Waals surface area (Å²) in [5.41, 5.74) is 0. The summed E-state index contributed by atoms with van der Waals surface area (Å²) in [6.45, 7) is 2.95. The summed E-state index contributed by atoms with van der Waals surface area (Å²) in [6.07, 6.45) is 2.34. The minimum Gasteiger partial charge on any atom is -0.480 e. The summed E-state index contributed by atoms with van der Waals surface area (Å²) < 4.78 is 0. The number of carboxylic acid groups (broad SMARTS) is 1. The van der Waals surface area contributed by atoms with Gasteiger partial charge < -0.3 is 20.2 Å². The summed E-state index contributed by atoms with van der Waals surface area (Å²) >= 11 is 0. The standard InChI is InChI=1S/C14H23N3O4/c1-9-5-6-17(11(7-9)13(19)20)14(21)15-10-3-4-12(18)16(2)8-10/h9-11H,3-8H2,1-2H3,(H,15,21)(H,19,20). The van der Waals surface area contributed by atoms with Crippen LogP contribution in [0.2, 0.25) is 0 Å². The Kier molecular flexibility index (Phi) is 4.69. The number of nitrogens with zero attached hydrogens (tertiary/aromatic N) is 2. The highest BCUT2D eigenvalue weighted by molar-refractivity contribution is 5.83. The molecule has 2 aliphatic rings. The van der Waals surface area contributed by atoms with Gasteiger partial charge in [0.25, 0.3) is 0 Å². The SMILES string of the molecule is CC1CCN(C(=O)NC2CCC(=O)N(C)C2)C(C(=O)O)C1. The number of hydrogen-bond acceptors (Lipinski definition) is 3. The minimum absolute atomic E-state index is 0.0794. The zero-order valence-corrected chi connectivity index (χ0v) is 12.5. The van der Waals surface area contributed by atoms with E-state index in [0.717, 1.165) is 6.42 Å². The molecule has 0 aromatic carbocycles. The molecule has 3 atom stereocenters. The van der Waals surface area contributed by atoms with Crippen LogP contribution in [-0.2, 0) is 9.59 Å². The highest BCUT2D eigenvalue weighted by atomic mass is 16.4. The topological polar surface area (TPSA) is 90.0 Å². The summed E-state index contributed by atoms with van der Waals surface area (Å²) in [5.74, 6) is -0.558. The molecule has 2 rings (SSSR count). The Morgan fingerprint density at radius 3 is 2.67 bits per heavy atom. The number of urea groups is 1. The number of piperidine rings is 2. The molecular formula is C14H23N3O4. The van der Waals surface area contributed by atoms with Crippen molar-refractivity contribution in [1.29, 1.82) is 0 Å². The monoisotopic (exact) mass is 297 g/mol. The van der Waals surface area contributed by atoms with E-state index in [9.17, 15) is 19.5 Å². The first-order valence-corrected chi connectivity index (χ1v) is 7.42. The number of nitrogens with one attached hydrogen (secondary N) is 1. The van der Waals surface area contributed by atoms with Gasteiger partial charge in [0.2, 0.25) is 5.91 Å². The fourth-order valence-corrected chi connectivity index (χ4v) is 3.01. The molecule has 2 aliphatic heterocycles. The van der Waals surface area contributed by atoms with Gasteiger partial charge in [0, 0.05) is 32.6 Å². The van der Waals surface area contributed by atoms with Crippen LogP contribution in [0.1, 0.15) is 32.6 Å². The number of aliphatic carboxylic acids is 1. The number of hydrogen-bond donors (Lipinski definition) is 2. The third-order valence-corrected chi connectivity index (χ3v) is 4.36. The Balaban J connectivity index is 1.95. The number of carbonyl (C=O) groups excluding carboxylic acids is 2. The van der Waals surface area contributed by atoms with Crippen molar-refractivity contribution in [2.24, 2.45) is 5.92 Å². The van der Waals surface area contributed by atoms with Crippen molar-refractivity contribution in [2.45, 2.75) is 44.7 Å². The normalized spacial score (nSPS) is 30.2. The fourth-order valence-electron chi connectivity index (χ4n) is 3.01. The maximum Gasteiger partial charge on any atom is 0.326 e. The molecule has 2 saturated heterocycles. The van der Waals surface area contributed by atoms with Crippen molar-refractivity contribution < 1.29 is 19.5 Å². The fraction of sp³-hybridized carbons (Fsp3) is 0.786. The predicted octanol–water partition coefficient (Wildman–Crippen LogP) is 0.502.